The molecular weight excluding hydrogens is 532 g/mol. The topological polar surface area (TPSA) is 151 Å². The number of nitrogens with one attached hydrogen (secondary N) is 1. The number of benzene rings is 2. The third-order valence-corrected chi connectivity index (χ3v) is 7.09. The zero-order valence-corrected chi connectivity index (χ0v) is 23.6. The Morgan fingerprint density at radius 1 is 0.900 bits per heavy atom. The summed E-state index contributed by atoms with van der Waals surface area (Å²) >= 11 is 0. The van der Waals surface area contributed by atoms with Gasteiger partial charge in [-0.3, -0.25) is 4.72 Å². The van der Waals surface area contributed by atoms with Gasteiger partial charge >= 0.3 is 0 Å². The van der Waals surface area contributed by atoms with E-state index in [9.17, 15) is 8.42 Å². The molecule has 0 unspecified atom stereocenters. The van der Waals surface area contributed by atoms with E-state index in [4.69, 9.17) is 19.9 Å². The first-order chi connectivity index (χ1) is 19.1. The SMILES string of the molecule is COc1ccccc1Oc1c(NS(=O)(=O)c2ccc(C(C)(C)C)cc2)nc(-c2ncccn2)nc1OCCCN. The average molecular weight is 565 g/mol. The highest BCUT2D eigenvalue weighted by atomic mass is 32.2. The number of anilines is 1. The van der Waals surface area contributed by atoms with Gasteiger partial charge in [-0.05, 0) is 54.3 Å². The molecule has 0 radical (unpaired) electrons. The molecule has 0 saturated heterocycles. The van der Waals surface area contributed by atoms with E-state index in [0.717, 1.165) is 5.56 Å². The van der Waals surface area contributed by atoms with Crippen molar-refractivity contribution in [2.24, 2.45) is 5.73 Å². The van der Waals surface area contributed by atoms with E-state index in [1.807, 2.05) is 0 Å². The molecule has 0 saturated carbocycles. The number of ether oxygens (including phenoxy) is 3. The number of para-hydroxylation sites is 2. The molecule has 3 N–H and O–H groups in total. The van der Waals surface area contributed by atoms with E-state index in [1.165, 1.54) is 19.5 Å². The number of hydrogen-bond donors (Lipinski definition) is 2. The lowest BCUT2D eigenvalue weighted by atomic mass is 9.87. The van der Waals surface area contributed by atoms with Crippen molar-refractivity contribution in [1.29, 1.82) is 0 Å². The smallest absolute Gasteiger partial charge is 0.263 e. The van der Waals surface area contributed by atoms with E-state index < -0.39 is 10.0 Å². The van der Waals surface area contributed by atoms with Gasteiger partial charge < -0.3 is 19.9 Å². The largest absolute Gasteiger partial charge is 0.493 e. The van der Waals surface area contributed by atoms with Crippen LogP contribution in [0.15, 0.2) is 71.9 Å². The van der Waals surface area contributed by atoms with Gasteiger partial charge in [-0.2, -0.15) is 4.98 Å². The minimum atomic E-state index is -4.11. The molecule has 4 aromatic rings. The van der Waals surface area contributed by atoms with Gasteiger partial charge in [-0.1, -0.05) is 45.0 Å². The molecule has 12 heteroatoms. The fraction of sp³-hybridized carbons (Fsp3) is 0.286. The zero-order valence-electron chi connectivity index (χ0n) is 22.8. The molecule has 4 rings (SSSR count). The second kappa shape index (κ2) is 12.3. The molecule has 2 aromatic carbocycles. The number of rotatable bonds is 11. The quantitative estimate of drug-likeness (QED) is 0.248. The van der Waals surface area contributed by atoms with Gasteiger partial charge in [-0.25, -0.2) is 23.4 Å². The number of nitrogens with zero attached hydrogens (tertiary/aromatic N) is 4. The molecule has 2 aromatic heterocycles. The molecule has 0 aliphatic heterocycles. The first-order valence-electron chi connectivity index (χ1n) is 12.6. The van der Waals surface area contributed by atoms with E-state index in [0.29, 0.717) is 24.5 Å². The van der Waals surface area contributed by atoms with Crippen molar-refractivity contribution in [3.8, 4) is 34.8 Å². The van der Waals surface area contributed by atoms with Crippen molar-refractivity contribution in [3.63, 3.8) is 0 Å². The Hall–Kier alpha value is -4.29. The third-order valence-electron chi connectivity index (χ3n) is 5.73. The molecule has 40 heavy (non-hydrogen) atoms. The van der Waals surface area contributed by atoms with Crippen molar-refractivity contribution in [3.05, 3.63) is 72.6 Å². The van der Waals surface area contributed by atoms with E-state index in [2.05, 4.69) is 45.4 Å². The highest BCUT2D eigenvalue weighted by molar-refractivity contribution is 7.92. The Bertz CT molecular complexity index is 1540. The summed E-state index contributed by atoms with van der Waals surface area (Å²) in [5, 5.41) is 0. The lowest BCUT2D eigenvalue weighted by Crippen LogP contribution is -2.17. The summed E-state index contributed by atoms with van der Waals surface area (Å²) in [5.74, 6) is 0.689. The molecule has 0 aliphatic rings. The first-order valence-corrected chi connectivity index (χ1v) is 14.1. The van der Waals surface area contributed by atoms with Gasteiger partial charge in [0.1, 0.15) is 0 Å². The second-order valence-corrected chi connectivity index (χ2v) is 11.4. The summed E-state index contributed by atoms with van der Waals surface area (Å²) in [4.78, 5) is 17.4. The van der Waals surface area contributed by atoms with Crippen LogP contribution in [0.1, 0.15) is 32.8 Å². The standard InChI is InChI=1S/C28H32N6O5S/c1-28(2,3)19-11-13-20(14-12-19)40(35,36)34-24-23(39-22-10-6-5-9-21(22)37-4)27(38-18-7-15-29)33-26(32-24)25-30-16-8-17-31-25/h5-6,8-14,16-17H,7,15,18,29H2,1-4H3,(H,32,33,34). The van der Waals surface area contributed by atoms with Gasteiger partial charge in [0.05, 0.1) is 18.6 Å². The third kappa shape index (κ3) is 6.82. The van der Waals surface area contributed by atoms with Crippen LogP contribution in [0.3, 0.4) is 0 Å². The van der Waals surface area contributed by atoms with Gasteiger partial charge in [0.2, 0.25) is 11.6 Å². The minimum absolute atomic E-state index is 0.0161. The Morgan fingerprint density at radius 2 is 1.57 bits per heavy atom. The van der Waals surface area contributed by atoms with Crippen molar-refractivity contribution in [1.82, 2.24) is 19.9 Å². The van der Waals surface area contributed by atoms with Crippen LogP contribution in [-0.2, 0) is 15.4 Å². The number of methoxy groups -OCH3 is 1. The fourth-order valence-corrected chi connectivity index (χ4v) is 4.59. The van der Waals surface area contributed by atoms with Crippen LogP contribution >= 0.6 is 0 Å². The monoisotopic (exact) mass is 564 g/mol. The number of aromatic nitrogens is 4. The number of nitrogens with two attached hydrogens (primary N) is 1. The van der Waals surface area contributed by atoms with Crippen LogP contribution in [0.25, 0.3) is 11.6 Å². The van der Waals surface area contributed by atoms with Crippen LogP contribution in [-0.4, -0.2) is 48.6 Å². The Balaban J connectivity index is 1.85. The van der Waals surface area contributed by atoms with Crippen molar-refractivity contribution >= 4 is 15.8 Å². The van der Waals surface area contributed by atoms with Crippen LogP contribution in [0.2, 0.25) is 0 Å². The number of hydrogen-bond acceptors (Lipinski definition) is 10. The molecule has 0 bridgehead atoms. The van der Waals surface area contributed by atoms with Gasteiger partial charge in [0.15, 0.2) is 23.1 Å². The highest BCUT2D eigenvalue weighted by Gasteiger charge is 2.26. The van der Waals surface area contributed by atoms with Gasteiger partial charge in [0.25, 0.3) is 15.9 Å². The molecule has 0 spiro atoms. The van der Waals surface area contributed by atoms with Crippen LogP contribution < -0.4 is 24.7 Å². The summed E-state index contributed by atoms with van der Waals surface area (Å²) in [6.07, 6.45) is 3.58. The van der Waals surface area contributed by atoms with Gasteiger partial charge in [-0.15, -0.1) is 0 Å². The second-order valence-electron chi connectivity index (χ2n) is 9.73. The Kier molecular flexibility index (Phi) is 8.80. The van der Waals surface area contributed by atoms with Crippen LogP contribution in [0.4, 0.5) is 5.82 Å². The zero-order chi connectivity index (χ0) is 28.8. The average Bonchev–Trinajstić information content (AvgIpc) is 2.94. The lowest BCUT2D eigenvalue weighted by Gasteiger charge is -2.20. The van der Waals surface area contributed by atoms with E-state index in [1.54, 1.807) is 54.6 Å². The predicted octanol–water partition coefficient (Wildman–Crippen LogP) is 4.56. The molecule has 0 amide bonds. The summed E-state index contributed by atoms with van der Waals surface area (Å²) in [7, 11) is -2.62. The van der Waals surface area contributed by atoms with E-state index >= 15 is 0 Å². The maximum atomic E-state index is 13.6. The van der Waals surface area contributed by atoms with Gasteiger partial charge in [0, 0.05) is 12.4 Å². The van der Waals surface area contributed by atoms with Crippen molar-refractivity contribution in [2.45, 2.75) is 37.5 Å². The molecule has 11 nitrogen and oxygen atoms in total. The Labute approximate surface area is 233 Å². The summed E-state index contributed by atoms with van der Waals surface area (Å²) < 4.78 is 47.2. The minimum Gasteiger partial charge on any atom is -0.493 e. The summed E-state index contributed by atoms with van der Waals surface area (Å²) in [6, 6.07) is 15.2. The van der Waals surface area contributed by atoms with E-state index in [-0.39, 0.29) is 46.0 Å². The molecular formula is C28H32N6O5S. The first kappa shape index (κ1) is 28.7. The predicted molar refractivity (Wildman–Crippen MR) is 151 cm³/mol. The maximum absolute atomic E-state index is 13.6. The molecule has 0 fully saturated rings. The van der Waals surface area contributed by atoms with Crippen molar-refractivity contribution < 1.29 is 22.6 Å². The van der Waals surface area contributed by atoms with Crippen molar-refractivity contribution in [2.75, 3.05) is 25.0 Å². The Morgan fingerprint density at radius 3 is 2.20 bits per heavy atom. The maximum Gasteiger partial charge on any atom is 0.263 e. The van der Waals surface area contributed by atoms with Crippen LogP contribution in [0, 0.1) is 0 Å². The molecule has 210 valence electrons. The summed E-state index contributed by atoms with van der Waals surface area (Å²) in [5.41, 5.74) is 6.51. The van der Waals surface area contributed by atoms with Crippen LogP contribution in [0.5, 0.6) is 23.1 Å². The molecule has 2 heterocycles. The fourth-order valence-electron chi connectivity index (χ4n) is 3.59. The highest BCUT2D eigenvalue weighted by Crippen LogP contribution is 2.41. The summed E-state index contributed by atoms with van der Waals surface area (Å²) in [6.45, 7) is 6.74. The normalized spacial score (nSPS) is 11.6. The lowest BCUT2D eigenvalue weighted by molar-refractivity contribution is 0.284. The molecule has 0 aliphatic carbocycles. The molecule has 0 atom stereocenters. The number of sulfonamides is 1.